The Morgan fingerprint density at radius 1 is 1.40 bits per heavy atom. The molecule has 1 aromatic carbocycles. The molecular weight excluding hydrogens is 264 g/mol. The van der Waals surface area contributed by atoms with E-state index in [1.165, 1.54) is 24.3 Å². The first-order chi connectivity index (χ1) is 7.00. The van der Waals surface area contributed by atoms with Crippen LogP contribution in [0.1, 0.15) is 0 Å². The zero-order chi connectivity index (χ0) is 11.4. The number of carbonyl (C=O) groups is 1. The summed E-state index contributed by atoms with van der Waals surface area (Å²) in [4.78, 5) is 21.0. The van der Waals surface area contributed by atoms with Crippen molar-refractivity contribution < 1.29 is 9.72 Å². The van der Waals surface area contributed by atoms with E-state index in [0.717, 1.165) is 0 Å². The lowest BCUT2D eigenvalue weighted by Crippen LogP contribution is -2.10. The third-order valence-corrected chi connectivity index (χ3v) is 1.94. The lowest BCUT2D eigenvalue weighted by molar-refractivity contribution is -0.384. The molecule has 0 unspecified atom stereocenters. The highest BCUT2D eigenvalue weighted by Gasteiger charge is 2.06. The van der Waals surface area contributed by atoms with E-state index in [9.17, 15) is 14.9 Å². The number of non-ortho nitro benzene ring substituents is 1. The molecule has 0 spiro atoms. The first-order valence-corrected chi connectivity index (χ1v) is 4.70. The summed E-state index contributed by atoms with van der Waals surface area (Å²) in [5.74, 6) is -0.385. The van der Waals surface area contributed by atoms with Crippen LogP contribution in [0.3, 0.4) is 0 Å². The van der Waals surface area contributed by atoms with Crippen molar-refractivity contribution >= 4 is 33.2 Å². The molecule has 0 aliphatic heterocycles. The predicted octanol–water partition coefficient (Wildman–Crippen LogP) is 2.44. The fourth-order valence-corrected chi connectivity index (χ4v) is 0.965. The molecule has 0 saturated heterocycles. The summed E-state index contributed by atoms with van der Waals surface area (Å²) in [6, 6.07) is 5.52. The van der Waals surface area contributed by atoms with Gasteiger partial charge in [-0.05, 0) is 28.1 Å². The number of halogens is 1. The Balaban J connectivity index is 2.77. The lowest BCUT2D eigenvalue weighted by Gasteiger charge is -2.02. The van der Waals surface area contributed by atoms with E-state index in [1.54, 1.807) is 0 Å². The van der Waals surface area contributed by atoms with Gasteiger partial charge in [-0.2, -0.15) is 0 Å². The second-order valence-corrected chi connectivity index (χ2v) is 3.62. The van der Waals surface area contributed by atoms with E-state index < -0.39 is 4.92 Å². The first kappa shape index (κ1) is 11.4. The van der Waals surface area contributed by atoms with Crippen molar-refractivity contribution in [3.8, 4) is 0 Å². The summed E-state index contributed by atoms with van der Waals surface area (Å²) in [6.07, 6.45) is 0. The normalized spacial score (nSPS) is 9.40. The SMILES string of the molecule is C=C(Br)C(=O)Nc1ccc([N+](=O)[O-])cc1. The molecule has 0 bridgehead atoms. The molecule has 0 saturated carbocycles. The summed E-state index contributed by atoms with van der Waals surface area (Å²) >= 11 is 2.92. The average molecular weight is 271 g/mol. The quantitative estimate of drug-likeness (QED) is 0.521. The molecule has 15 heavy (non-hydrogen) atoms. The maximum Gasteiger partial charge on any atom is 0.269 e. The van der Waals surface area contributed by atoms with Gasteiger partial charge in [-0.3, -0.25) is 14.9 Å². The number of nitro benzene ring substituents is 1. The van der Waals surface area contributed by atoms with E-state index in [-0.39, 0.29) is 16.1 Å². The van der Waals surface area contributed by atoms with Crippen LogP contribution in [-0.2, 0) is 4.79 Å². The smallest absolute Gasteiger partial charge is 0.269 e. The third-order valence-electron chi connectivity index (χ3n) is 1.58. The van der Waals surface area contributed by atoms with E-state index in [2.05, 4.69) is 27.8 Å². The van der Waals surface area contributed by atoms with Gasteiger partial charge in [-0.1, -0.05) is 6.58 Å². The second-order valence-electron chi connectivity index (χ2n) is 2.66. The van der Waals surface area contributed by atoms with Gasteiger partial charge in [0.25, 0.3) is 11.6 Å². The number of rotatable bonds is 3. The van der Waals surface area contributed by atoms with Gasteiger partial charge in [0.2, 0.25) is 0 Å². The number of anilines is 1. The van der Waals surface area contributed by atoms with Gasteiger partial charge in [0.1, 0.15) is 0 Å². The van der Waals surface area contributed by atoms with Gasteiger partial charge in [-0.25, -0.2) is 0 Å². The maximum atomic E-state index is 11.1. The van der Waals surface area contributed by atoms with Crippen molar-refractivity contribution in [2.24, 2.45) is 0 Å². The minimum Gasteiger partial charge on any atom is -0.322 e. The molecule has 78 valence electrons. The lowest BCUT2D eigenvalue weighted by atomic mass is 10.3. The predicted molar refractivity (Wildman–Crippen MR) is 59.8 cm³/mol. The summed E-state index contributed by atoms with van der Waals surface area (Å²) < 4.78 is 0.195. The molecule has 5 nitrogen and oxygen atoms in total. The van der Waals surface area contributed by atoms with Gasteiger partial charge < -0.3 is 5.32 Å². The van der Waals surface area contributed by atoms with Crippen LogP contribution in [0, 0.1) is 10.1 Å². The summed E-state index contributed by atoms with van der Waals surface area (Å²) in [5.41, 5.74) is 0.455. The molecule has 0 fully saturated rings. The van der Waals surface area contributed by atoms with Gasteiger partial charge >= 0.3 is 0 Å². The fraction of sp³-hybridized carbons (Fsp3) is 0. The van der Waals surface area contributed by atoms with Crippen LogP contribution in [0.2, 0.25) is 0 Å². The van der Waals surface area contributed by atoms with Gasteiger partial charge in [0.05, 0.1) is 9.41 Å². The number of carbonyl (C=O) groups excluding carboxylic acids is 1. The monoisotopic (exact) mass is 270 g/mol. The van der Waals surface area contributed by atoms with Crippen LogP contribution in [0.15, 0.2) is 35.3 Å². The Kier molecular flexibility index (Phi) is 3.56. The number of nitrogens with one attached hydrogen (secondary N) is 1. The molecule has 1 aromatic rings. The molecular formula is C9H7BrN2O3. The molecule has 0 atom stereocenters. The van der Waals surface area contributed by atoms with E-state index in [4.69, 9.17) is 0 Å². The topological polar surface area (TPSA) is 72.2 Å². The van der Waals surface area contributed by atoms with Crippen LogP contribution in [0.5, 0.6) is 0 Å². The Morgan fingerprint density at radius 3 is 2.33 bits per heavy atom. The summed E-state index contributed by atoms with van der Waals surface area (Å²) in [6.45, 7) is 3.39. The number of nitrogens with zero attached hydrogens (tertiary/aromatic N) is 1. The minimum atomic E-state index is -0.505. The molecule has 0 aromatic heterocycles. The number of amides is 1. The van der Waals surface area contributed by atoms with E-state index in [1.807, 2.05) is 0 Å². The number of hydrogen-bond acceptors (Lipinski definition) is 3. The molecule has 6 heteroatoms. The standard InChI is InChI=1S/C9H7BrN2O3/c1-6(10)9(13)11-7-2-4-8(5-3-7)12(14)15/h2-5H,1H2,(H,11,13). The average Bonchev–Trinajstić information content (AvgIpc) is 2.18. The van der Waals surface area contributed by atoms with Crippen molar-refractivity contribution in [1.29, 1.82) is 0 Å². The highest BCUT2D eigenvalue weighted by atomic mass is 79.9. The van der Waals surface area contributed by atoms with Gasteiger partial charge in [0, 0.05) is 17.8 Å². The molecule has 1 amide bonds. The van der Waals surface area contributed by atoms with Crippen LogP contribution in [-0.4, -0.2) is 10.8 Å². The molecule has 0 radical (unpaired) electrons. The van der Waals surface area contributed by atoms with Crippen LogP contribution in [0.4, 0.5) is 11.4 Å². The Bertz CT molecular complexity index is 414. The highest BCUT2D eigenvalue weighted by molar-refractivity contribution is 9.12. The van der Waals surface area contributed by atoms with Gasteiger partial charge in [0.15, 0.2) is 0 Å². The van der Waals surface area contributed by atoms with Crippen molar-refractivity contribution in [1.82, 2.24) is 0 Å². The number of benzene rings is 1. The molecule has 1 N–H and O–H groups in total. The zero-order valence-corrected chi connectivity index (χ0v) is 9.15. The highest BCUT2D eigenvalue weighted by Crippen LogP contribution is 2.16. The van der Waals surface area contributed by atoms with Crippen LogP contribution >= 0.6 is 15.9 Å². The first-order valence-electron chi connectivity index (χ1n) is 3.91. The van der Waals surface area contributed by atoms with Crippen LogP contribution in [0.25, 0.3) is 0 Å². The minimum absolute atomic E-state index is 0.0225. The van der Waals surface area contributed by atoms with E-state index in [0.29, 0.717) is 5.69 Å². The second kappa shape index (κ2) is 4.70. The molecule has 0 aliphatic carbocycles. The molecule has 0 aliphatic rings. The van der Waals surface area contributed by atoms with E-state index >= 15 is 0 Å². The Labute approximate surface area is 94.1 Å². The molecule has 1 rings (SSSR count). The maximum absolute atomic E-state index is 11.1. The van der Waals surface area contributed by atoms with Crippen molar-refractivity contribution in [3.63, 3.8) is 0 Å². The fourth-order valence-electron chi connectivity index (χ4n) is 0.865. The van der Waals surface area contributed by atoms with Crippen molar-refractivity contribution in [3.05, 3.63) is 45.4 Å². The molecule has 0 heterocycles. The Hall–Kier alpha value is -1.69. The summed E-state index contributed by atoms with van der Waals surface area (Å²) in [7, 11) is 0. The Morgan fingerprint density at radius 2 is 1.93 bits per heavy atom. The third kappa shape index (κ3) is 3.17. The zero-order valence-electron chi connectivity index (χ0n) is 7.57. The number of hydrogen-bond donors (Lipinski definition) is 1. The van der Waals surface area contributed by atoms with Gasteiger partial charge in [-0.15, -0.1) is 0 Å². The summed E-state index contributed by atoms with van der Waals surface area (Å²) in [5, 5.41) is 12.8. The largest absolute Gasteiger partial charge is 0.322 e. The van der Waals surface area contributed by atoms with Crippen molar-refractivity contribution in [2.75, 3.05) is 5.32 Å². The number of nitro groups is 1. The van der Waals surface area contributed by atoms with Crippen LogP contribution < -0.4 is 5.32 Å². The van der Waals surface area contributed by atoms with Crippen molar-refractivity contribution in [2.45, 2.75) is 0 Å².